The molecule has 4 N–H and O–H groups in total. The minimum absolute atomic E-state index is 0.0773. The monoisotopic (exact) mass is 381 g/mol. The van der Waals surface area contributed by atoms with E-state index >= 15 is 0 Å². The van der Waals surface area contributed by atoms with Gasteiger partial charge in [0.1, 0.15) is 5.69 Å². The highest BCUT2D eigenvalue weighted by Crippen LogP contribution is 2.37. The maximum atomic E-state index is 12.0. The first-order valence-electron chi connectivity index (χ1n) is 8.76. The minimum atomic E-state index is -0.250. The molecule has 1 saturated carbocycles. The zero-order valence-electron chi connectivity index (χ0n) is 15.6. The molecule has 2 bridgehead atoms. The number of pyridine rings is 1. The number of aromatic amines is 1. The van der Waals surface area contributed by atoms with Crippen LogP contribution >= 0.6 is 0 Å². The first-order valence-corrected chi connectivity index (χ1v) is 8.76. The van der Waals surface area contributed by atoms with E-state index in [0.29, 0.717) is 18.2 Å². The lowest BCUT2D eigenvalue weighted by Gasteiger charge is -2.26. The Labute approximate surface area is 157 Å². The molecule has 0 unspecified atom stereocenters. The number of aromatic nitrogens is 1. The summed E-state index contributed by atoms with van der Waals surface area (Å²) in [7, 11) is 0. The van der Waals surface area contributed by atoms with E-state index in [1.54, 1.807) is 6.07 Å². The number of hydrogen-bond donors (Lipinski definition) is 4. The molecule has 1 aliphatic heterocycles. The Hall–Kier alpha value is -2.68. The second-order valence-corrected chi connectivity index (χ2v) is 6.66. The Morgan fingerprint density at radius 1 is 1.30 bits per heavy atom. The molecule has 1 aliphatic carbocycles. The number of amides is 1. The average Bonchev–Trinajstić information content (AvgIpc) is 3.22. The summed E-state index contributed by atoms with van der Waals surface area (Å²) < 4.78 is 0. The number of likely N-dealkylation sites (tertiary alicyclic amines) is 1. The number of carbonyl (C=O) groups excluding carboxylic acids is 1. The van der Waals surface area contributed by atoms with Crippen LogP contribution in [-0.2, 0) is 14.4 Å². The van der Waals surface area contributed by atoms with Crippen molar-refractivity contribution < 1.29 is 24.6 Å². The second-order valence-electron chi connectivity index (χ2n) is 6.66. The van der Waals surface area contributed by atoms with Crippen LogP contribution in [0.25, 0.3) is 0 Å². The molecule has 0 spiro atoms. The third kappa shape index (κ3) is 6.86. The number of piperidine rings is 1. The zero-order chi connectivity index (χ0) is 20.4. The van der Waals surface area contributed by atoms with Gasteiger partial charge < -0.3 is 20.5 Å². The Balaban J connectivity index is 0.000000540. The van der Waals surface area contributed by atoms with Crippen molar-refractivity contribution in [1.82, 2.24) is 9.88 Å². The molecule has 9 nitrogen and oxygen atoms in total. The van der Waals surface area contributed by atoms with Crippen LogP contribution in [0.5, 0.6) is 0 Å². The first kappa shape index (κ1) is 22.4. The SMILES string of the molecule is Cc1cc(NC(=O)CCN2C[C@@H]3CC[C@H]2C3)c(=O)[nH]c1C.O=CO.O=CO. The standard InChI is InChI=1S/C16H23N3O2.2CH2O2/c1-10-7-14(16(21)17-11(10)2)18-15(20)5-6-19-9-12-3-4-13(19)8-12;2*2-1-3/h7,12-13H,3-6,8-9H2,1-2H3,(H,17,21)(H,18,20);2*1H,(H,2,3)/t12-,13+;;/m1../s1. The largest absolute Gasteiger partial charge is 0.483 e. The van der Waals surface area contributed by atoms with Crippen molar-refractivity contribution in [3.63, 3.8) is 0 Å². The third-order valence-electron chi connectivity index (χ3n) is 4.92. The smallest absolute Gasteiger partial charge is 0.290 e. The van der Waals surface area contributed by atoms with Gasteiger partial charge in [-0.3, -0.25) is 24.1 Å². The molecule has 3 rings (SSSR count). The van der Waals surface area contributed by atoms with Crippen molar-refractivity contribution in [2.24, 2.45) is 5.92 Å². The number of H-pyrrole nitrogens is 1. The second kappa shape index (κ2) is 11.1. The quantitative estimate of drug-likeness (QED) is 0.575. The minimum Gasteiger partial charge on any atom is -0.483 e. The van der Waals surface area contributed by atoms with Gasteiger partial charge in [0.05, 0.1) is 0 Å². The van der Waals surface area contributed by atoms with Gasteiger partial charge in [0.2, 0.25) is 5.91 Å². The van der Waals surface area contributed by atoms with E-state index in [-0.39, 0.29) is 24.4 Å². The summed E-state index contributed by atoms with van der Waals surface area (Å²) in [5, 5.41) is 16.5. The Morgan fingerprint density at radius 2 is 1.93 bits per heavy atom. The van der Waals surface area contributed by atoms with E-state index in [4.69, 9.17) is 19.8 Å². The molecule has 150 valence electrons. The molecule has 2 heterocycles. The van der Waals surface area contributed by atoms with Gasteiger partial charge in [0.25, 0.3) is 18.5 Å². The van der Waals surface area contributed by atoms with Crippen molar-refractivity contribution in [2.45, 2.75) is 45.6 Å². The van der Waals surface area contributed by atoms with E-state index in [0.717, 1.165) is 30.3 Å². The fraction of sp³-hybridized carbons (Fsp3) is 0.556. The summed E-state index contributed by atoms with van der Waals surface area (Å²) in [4.78, 5) is 45.7. The molecule has 27 heavy (non-hydrogen) atoms. The highest BCUT2D eigenvalue weighted by molar-refractivity contribution is 5.90. The van der Waals surface area contributed by atoms with Gasteiger partial charge in [-0.1, -0.05) is 0 Å². The van der Waals surface area contributed by atoms with Crippen LogP contribution in [0.4, 0.5) is 5.69 Å². The fourth-order valence-corrected chi connectivity index (χ4v) is 3.58. The summed E-state index contributed by atoms with van der Waals surface area (Å²) >= 11 is 0. The summed E-state index contributed by atoms with van der Waals surface area (Å²) in [6, 6.07) is 2.43. The van der Waals surface area contributed by atoms with Gasteiger partial charge in [-0.05, 0) is 50.7 Å². The molecular weight excluding hydrogens is 354 g/mol. The predicted molar refractivity (Wildman–Crippen MR) is 99.9 cm³/mol. The Morgan fingerprint density at radius 3 is 2.44 bits per heavy atom. The normalized spacial score (nSPS) is 19.9. The van der Waals surface area contributed by atoms with Crippen molar-refractivity contribution in [3.8, 4) is 0 Å². The van der Waals surface area contributed by atoms with Gasteiger partial charge in [0, 0.05) is 31.2 Å². The van der Waals surface area contributed by atoms with Crippen molar-refractivity contribution in [2.75, 3.05) is 18.4 Å². The number of anilines is 1. The zero-order valence-corrected chi connectivity index (χ0v) is 15.6. The number of carbonyl (C=O) groups is 3. The van der Waals surface area contributed by atoms with Gasteiger partial charge in [-0.25, -0.2) is 0 Å². The van der Waals surface area contributed by atoms with Crippen molar-refractivity contribution in [3.05, 3.63) is 27.7 Å². The molecule has 1 aromatic rings. The Bertz CT molecular complexity index is 697. The number of hydrogen-bond acceptors (Lipinski definition) is 5. The number of carboxylic acid groups (broad SMARTS) is 2. The molecule has 1 amide bonds. The molecule has 1 saturated heterocycles. The van der Waals surface area contributed by atoms with Crippen LogP contribution in [0.15, 0.2) is 10.9 Å². The molecule has 0 radical (unpaired) electrons. The topological polar surface area (TPSA) is 140 Å². The van der Waals surface area contributed by atoms with Crippen LogP contribution in [0.3, 0.4) is 0 Å². The highest BCUT2D eigenvalue weighted by Gasteiger charge is 2.37. The van der Waals surface area contributed by atoms with E-state index < -0.39 is 0 Å². The number of nitrogens with zero attached hydrogens (tertiary/aromatic N) is 1. The highest BCUT2D eigenvalue weighted by atomic mass is 16.3. The van der Waals surface area contributed by atoms with E-state index in [9.17, 15) is 9.59 Å². The predicted octanol–water partition coefficient (Wildman–Crippen LogP) is 1.21. The van der Waals surface area contributed by atoms with Gasteiger partial charge in [0.15, 0.2) is 0 Å². The van der Waals surface area contributed by atoms with Crippen LogP contribution < -0.4 is 10.9 Å². The lowest BCUT2D eigenvalue weighted by Crippen LogP contribution is -2.34. The summed E-state index contributed by atoms with van der Waals surface area (Å²) in [5.41, 5.74) is 1.94. The maximum Gasteiger partial charge on any atom is 0.290 e. The lowest BCUT2D eigenvalue weighted by molar-refractivity contribution is -0.123. The van der Waals surface area contributed by atoms with E-state index in [2.05, 4.69) is 15.2 Å². The molecule has 2 aliphatic rings. The molecule has 2 fully saturated rings. The number of fused-ring (bicyclic) bond motifs is 2. The van der Waals surface area contributed by atoms with Gasteiger partial charge in [-0.15, -0.1) is 0 Å². The number of aryl methyl sites for hydroxylation is 2. The number of nitrogens with one attached hydrogen (secondary N) is 2. The Kier molecular flexibility index (Phi) is 9.21. The summed E-state index contributed by atoms with van der Waals surface area (Å²) in [6.07, 6.45) is 4.39. The van der Waals surface area contributed by atoms with E-state index in [1.807, 2.05) is 13.8 Å². The average molecular weight is 381 g/mol. The molecular formula is C18H27N3O6. The molecule has 0 aromatic carbocycles. The molecule has 9 heteroatoms. The van der Waals surface area contributed by atoms with Crippen LogP contribution in [-0.4, -0.2) is 58.1 Å². The lowest BCUT2D eigenvalue weighted by atomic mass is 10.1. The van der Waals surface area contributed by atoms with Crippen LogP contribution in [0.1, 0.15) is 36.9 Å². The maximum absolute atomic E-state index is 12.0. The van der Waals surface area contributed by atoms with Crippen LogP contribution in [0, 0.1) is 19.8 Å². The van der Waals surface area contributed by atoms with E-state index in [1.165, 1.54) is 19.3 Å². The first-order chi connectivity index (χ1) is 12.9. The van der Waals surface area contributed by atoms with Gasteiger partial charge >= 0.3 is 0 Å². The van der Waals surface area contributed by atoms with Gasteiger partial charge in [-0.2, -0.15) is 0 Å². The third-order valence-corrected chi connectivity index (χ3v) is 4.92. The van der Waals surface area contributed by atoms with Crippen LogP contribution in [0.2, 0.25) is 0 Å². The van der Waals surface area contributed by atoms with Crippen molar-refractivity contribution >= 4 is 24.5 Å². The van der Waals surface area contributed by atoms with Crippen molar-refractivity contribution in [1.29, 1.82) is 0 Å². The fourth-order valence-electron chi connectivity index (χ4n) is 3.58. The summed E-state index contributed by atoms with van der Waals surface area (Å²) in [6.45, 7) is 5.21. The molecule has 2 atom stereocenters. The number of rotatable bonds is 4. The summed E-state index contributed by atoms with van der Waals surface area (Å²) in [5.74, 6) is 0.771. The molecule has 1 aromatic heterocycles.